The van der Waals surface area contributed by atoms with Crippen LogP contribution in [0.5, 0.6) is 0 Å². The maximum Gasteiger partial charge on any atom is 0.273 e. The summed E-state index contributed by atoms with van der Waals surface area (Å²) in [4.78, 5) is 16.4. The van der Waals surface area contributed by atoms with Crippen LogP contribution in [0, 0.1) is 11.8 Å². The molecule has 0 fully saturated rings. The first-order chi connectivity index (χ1) is 10.1. The number of carbonyl (C=O) groups is 1. The molecule has 5 heteroatoms. The number of nitrogens with zero attached hydrogens (tertiary/aromatic N) is 2. The zero-order chi connectivity index (χ0) is 15.2. The Kier molecular flexibility index (Phi) is 4.75. The summed E-state index contributed by atoms with van der Waals surface area (Å²) in [7, 11) is 0. The lowest BCUT2D eigenvalue weighted by atomic mass is 10.2. The maximum atomic E-state index is 12.3. The molecule has 0 aliphatic heterocycles. The monoisotopic (exact) mass is 282 g/mol. The molecule has 0 radical (unpaired) electrons. The summed E-state index contributed by atoms with van der Waals surface area (Å²) >= 11 is 0. The zero-order valence-electron chi connectivity index (χ0n) is 12.1. The van der Waals surface area contributed by atoms with Crippen molar-refractivity contribution >= 4 is 11.7 Å². The van der Waals surface area contributed by atoms with E-state index in [4.69, 9.17) is 5.73 Å². The maximum absolute atomic E-state index is 12.3. The first-order valence-electron chi connectivity index (χ1n) is 6.75. The third-order valence-electron chi connectivity index (χ3n) is 2.90. The van der Waals surface area contributed by atoms with Crippen LogP contribution in [0.1, 0.15) is 35.9 Å². The summed E-state index contributed by atoms with van der Waals surface area (Å²) in [5.41, 5.74) is 6.71. The number of rotatable bonds is 3. The van der Waals surface area contributed by atoms with Gasteiger partial charge in [0.05, 0.1) is 6.54 Å². The average molecular weight is 282 g/mol. The summed E-state index contributed by atoms with van der Waals surface area (Å²) in [6, 6.07) is 7.35. The number of hydrogen-bond acceptors (Lipinski definition) is 3. The van der Waals surface area contributed by atoms with E-state index < -0.39 is 0 Å². The quantitative estimate of drug-likeness (QED) is 0.846. The average Bonchev–Trinajstić information content (AvgIpc) is 2.95. The Balaban J connectivity index is 2.18. The van der Waals surface area contributed by atoms with Gasteiger partial charge < -0.3 is 15.6 Å². The van der Waals surface area contributed by atoms with Crippen molar-refractivity contribution < 1.29 is 4.79 Å². The fraction of sp³-hybridized carbons (Fsp3) is 0.250. The number of carbonyl (C=O) groups excluding carboxylic acids is 1. The molecule has 108 valence electrons. The number of aromatic nitrogens is 2. The second-order valence-electron chi connectivity index (χ2n) is 4.78. The van der Waals surface area contributed by atoms with E-state index in [-0.39, 0.29) is 11.9 Å². The van der Waals surface area contributed by atoms with Gasteiger partial charge in [0.2, 0.25) is 0 Å². The van der Waals surface area contributed by atoms with E-state index in [0.717, 1.165) is 5.56 Å². The summed E-state index contributed by atoms with van der Waals surface area (Å²) in [5, 5.41) is 2.79. The first-order valence-corrected chi connectivity index (χ1v) is 6.75. The number of hydrogen-bond donors (Lipinski definition) is 2. The molecule has 0 aliphatic carbocycles. The van der Waals surface area contributed by atoms with E-state index in [1.54, 1.807) is 24.4 Å². The summed E-state index contributed by atoms with van der Waals surface area (Å²) < 4.78 is 1.91. The Labute approximate surface area is 124 Å². The van der Waals surface area contributed by atoms with Gasteiger partial charge in [-0.2, -0.15) is 0 Å². The second kappa shape index (κ2) is 6.73. The lowest BCUT2D eigenvalue weighted by Crippen LogP contribution is -2.18. The third kappa shape index (κ3) is 3.71. The number of nitrogens with one attached hydrogen (secondary N) is 1. The molecule has 0 aromatic carbocycles. The highest BCUT2D eigenvalue weighted by atomic mass is 16.2. The van der Waals surface area contributed by atoms with Crippen LogP contribution in [-0.2, 0) is 0 Å². The van der Waals surface area contributed by atoms with Crippen LogP contribution in [0.4, 0.5) is 5.82 Å². The number of pyridine rings is 1. The van der Waals surface area contributed by atoms with Crippen LogP contribution >= 0.6 is 0 Å². The molecule has 0 aliphatic rings. The van der Waals surface area contributed by atoms with Crippen LogP contribution < -0.4 is 11.1 Å². The van der Waals surface area contributed by atoms with Crippen molar-refractivity contribution in [2.75, 3.05) is 11.9 Å². The molecule has 2 aromatic rings. The summed E-state index contributed by atoms with van der Waals surface area (Å²) in [6.45, 7) is 4.35. The number of amides is 1. The van der Waals surface area contributed by atoms with E-state index >= 15 is 0 Å². The van der Waals surface area contributed by atoms with Crippen molar-refractivity contribution in [2.24, 2.45) is 5.73 Å². The van der Waals surface area contributed by atoms with Crippen molar-refractivity contribution in [2.45, 2.75) is 19.9 Å². The molecule has 1 amide bonds. The van der Waals surface area contributed by atoms with E-state index in [0.29, 0.717) is 18.1 Å². The predicted octanol–water partition coefficient (Wildman–Crippen LogP) is 2.03. The Morgan fingerprint density at radius 1 is 1.48 bits per heavy atom. The molecule has 0 atom stereocenters. The lowest BCUT2D eigenvalue weighted by Gasteiger charge is -2.12. The van der Waals surface area contributed by atoms with Gasteiger partial charge in [0.1, 0.15) is 11.5 Å². The van der Waals surface area contributed by atoms with Gasteiger partial charge in [0, 0.05) is 24.0 Å². The minimum absolute atomic E-state index is 0.190. The van der Waals surface area contributed by atoms with Gasteiger partial charge in [-0.25, -0.2) is 4.98 Å². The Morgan fingerprint density at radius 3 is 3.00 bits per heavy atom. The van der Waals surface area contributed by atoms with Crippen LogP contribution in [0.2, 0.25) is 0 Å². The summed E-state index contributed by atoms with van der Waals surface area (Å²) in [6.07, 6.45) is 3.49. The largest absolute Gasteiger partial charge is 0.341 e. The SMILES string of the molecule is CC(C)n1cccc1C(=O)Nc1cc(C#CCN)ccn1. The van der Waals surface area contributed by atoms with E-state index in [9.17, 15) is 4.79 Å². The van der Waals surface area contributed by atoms with Crippen LogP contribution in [-0.4, -0.2) is 22.0 Å². The summed E-state index contributed by atoms with van der Waals surface area (Å²) in [5.74, 6) is 5.96. The number of nitrogens with two attached hydrogens (primary N) is 1. The Hall–Kier alpha value is -2.58. The smallest absolute Gasteiger partial charge is 0.273 e. The van der Waals surface area contributed by atoms with Gasteiger partial charge in [0.25, 0.3) is 5.91 Å². The van der Waals surface area contributed by atoms with Gasteiger partial charge in [-0.3, -0.25) is 4.79 Å². The molecule has 21 heavy (non-hydrogen) atoms. The molecule has 0 saturated carbocycles. The topological polar surface area (TPSA) is 72.9 Å². The minimum Gasteiger partial charge on any atom is -0.341 e. The van der Waals surface area contributed by atoms with Crippen molar-refractivity contribution in [3.05, 3.63) is 47.9 Å². The lowest BCUT2D eigenvalue weighted by molar-refractivity contribution is 0.101. The molecule has 0 saturated heterocycles. The zero-order valence-corrected chi connectivity index (χ0v) is 12.1. The Morgan fingerprint density at radius 2 is 2.29 bits per heavy atom. The van der Waals surface area contributed by atoms with E-state index in [1.165, 1.54) is 0 Å². The van der Waals surface area contributed by atoms with Crippen molar-refractivity contribution in [3.63, 3.8) is 0 Å². The van der Waals surface area contributed by atoms with Crippen LogP contribution in [0.3, 0.4) is 0 Å². The molecular formula is C16H18N4O. The minimum atomic E-state index is -0.190. The first kappa shape index (κ1) is 14.8. The van der Waals surface area contributed by atoms with E-state index in [1.807, 2.05) is 30.7 Å². The molecule has 2 rings (SSSR count). The van der Waals surface area contributed by atoms with Gasteiger partial charge in [-0.05, 0) is 38.1 Å². The second-order valence-corrected chi connectivity index (χ2v) is 4.78. The molecular weight excluding hydrogens is 264 g/mol. The Bertz CT molecular complexity index is 692. The van der Waals surface area contributed by atoms with Crippen molar-refractivity contribution in [3.8, 4) is 11.8 Å². The number of anilines is 1. The highest BCUT2D eigenvalue weighted by Gasteiger charge is 2.13. The van der Waals surface area contributed by atoms with Gasteiger partial charge in [0.15, 0.2) is 0 Å². The third-order valence-corrected chi connectivity index (χ3v) is 2.90. The fourth-order valence-electron chi connectivity index (χ4n) is 1.95. The van der Waals surface area contributed by atoms with Crippen LogP contribution in [0.25, 0.3) is 0 Å². The molecule has 2 heterocycles. The normalized spacial score (nSPS) is 10.1. The molecule has 0 spiro atoms. The van der Waals surface area contributed by atoms with Gasteiger partial charge in [-0.1, -0.05) is 11.8 Å². The molecule has 3 N–H and O–H groups in total. The predicted molar refractivity (Wildman–Crippen MR) is 82.9 cm³/mol. The van der Waals surface area contributed by atoms with Crippen LogP contribution in [0.15, 0.2) is 36.7 Å². The molecule has 0 bridgehead atoms. The highest BCUT2D eigenvalue weighted by Crippen LogP contribution is 2.13. The molecule has 2 aromatic heterocycles. The highest BCUT2D eigenvalue weighted by molar-refractivity contribution is 6.02. The van der Waals surface area contributed by atoms with Gasteiger partial charge >= 0.3 is 0 Å². The van der Waals surface area contributed by atoms with Gasteiger partial charge in [-0.15, -0.1) is 0 Å². The fourth-order valence-corrected chi connectivity index (χ4v) is 1.95. The standard InChI is InChI=1S/C16H18N4O/c1-12(2)20-10-4-6-14(20)16(21)19-15-11-13(5-3-8-17)7-9-18-15/h4,6-7,9-12H,8,17H2,1-2H3,(H,18,19,21). The molecule has 0 unspecified atom stereocenters. The molecule has 5 nitrogen and oxygen atoms in total. The van der Waals surface area contributed by atoms with Crippen molar-refractivity contribution in [1.82, 2.24) is 9.55 Å². The van der Waals surface area contributed by atoms with E-state index in [2.05, 4.69) is 22.1 Å². The van der Waals surface area contributed by atoms with Crippen molar-refractivity contribution in [1.29, 1.82) is 0 Å².